The van der Waals surface area contributed by atoms with E-state index < -0.39 is 10.8 Å². The van der Waals surface area contributed by atoms with Crippen LogP contribution in [-0.4, -0.2) is 38.4 Å². The maximum Gasteiger partial charge on any atom is 0.357 e. The van der Waals surface area contributed by atoms with Gasteiger partial charge in [0.25, 0.3) is 5.69 Å². The Kier molecular flexibility index (Phi) is 5.57. The maximum atomic E-state index is 13.8. The third-order valence-corrected chi connectivity index (χ3v) is 8.39. The molecule has 0 radical (unpaired) electrons. The van der Waals surface area contributed by atoms with Crippen molar-refractivity contribution >= 4 is 23.0 Å². The molecule has 2 saturated heterocycles. The molecule has 3 unspecified atom stereocenters. The van der Waals surface area contributed by atoms with Crippen LogP contribution in [0.5, 0.6) is 0 Å². The minimum Gasteiger partial charge on any atom is -0.333 e. The molecule has 39 heavy (non-hydrogen) atoms. The zero-order chi connectivity index (χ0) is 26.6. The van der Waals surface area contributed by atoms with E-state index in [0.717, 1.165) is 47.7 Å². The maximum absolute atomic E-state index is 13.8. The van der Waals surface area contributed by atoms with Crippen LogP contribution in [0, 0.1) is 10.1 Å². The van der Waals surface area contributed by atoms with E-state index in [1.807, 2.05) is 22.9 Å². The van der Waals surface area contributed by atoms with Crippen molar-refractivity contribution in [2.45, 2.75) is 37.9 Å². The summed E-state index contributed by atoms with van der Waals surface area (Å²) in [7, 11) is 0. The lowest BCUT2D eigenvalue weighted by atomic mass is 9.82. The second-order valence-electron chi connectivity index (χ2n) is 10.8. The first-order valence-corrected chi connectivity index (χ1v) is 13.4. The summed E-state index contributed by atoms with van der Waals surface area (Å²) in [6.07, 6.45) is 7.98. The third kappa shape index (κ3) is 3.85. The summed E-state index contributed by atoms with van der Waals surface area (Å²) in [5.74, 6) is -0.416. The number of hydrogen-bond donors (Lipinski definition) is 1. The Hall–Kier alpha value is -4.34. The van der Waals surface area contributed by atoms with Crippen LogP contribution >= 0.6 is 0 Å². The van der Waals surface area contributed by atoms with E-state index in [-0.39, 0.29) is 22.2 Å². The van der Waals surface area contributed by atoms with Crippen molar-refractivity contribution in [2.24, 2.45) is 0 Å². The second kappa shape index (κ2) is 9.14. The number of likely N-dealkylation sites (tertiary alicyclic amines) is 1. The Labute approximate surface area is 226 Å². The molecular formula is C30H29N6O3+. The van der Waals surface area contributed by atoms with E-state index in [1.165, 1.54) is 24.5 Å². The predicted molar refractivity (Wildman–Crippen MR) is 148 cm³/mol. The summed E-state index contributed by atoms with van der Waals surface area (Å²) < 4.78 is 1.94. The average Bonchev–Trinajstić information content (AvgIpc) is 3.74. The molecule has 0 spiro atoms. The van der Waals surface area contributed by atoms with Gasteiger partial charge in [-0.3, -0.25) is 15.0 Å². The standard InChI is InChI=1S/C30H29N6O3/c37-30-28-26-17-25(35(38)39)11-12-27(26)36(30,32-24-9-5-22(6-10-24)18-33-14-1-2-15-33)29(28)23-7-3-21(4-8-23)19-34-16-13-31-20-34/h3-13,16-17,20,28-29,32H,1-2,14-15,18-19H2/q+1. The Morgan fingerprint density at radius 1 is 0.974 bits per heavy atom. The van der Waals surface area contributed by atoms with Crippen molar-refractivity contribution in [2.75, 3.05) is 18.5 Å². The van der Waals surface area contributed by atoms with Crippen LogP contribution in [0.25, 0.3) is 0 Å². The first-order chi connectivity index (χ1) is 19.0. The molecule has 4 heterocycles. The van der Waals surface area contributed by atoms with Gasteiger partial charge >= 0.3 is 5.91 Å². The van der Waals surface area contributed by atoms with Gasteiger partial charge in [-0.2, -0.15) is 0 Å². The number of nitrogens with one attached hydrogen (secondary N) is 1. The molecule has 0 saturated carbocycles. The number of rotatable bonds is 8. The van der Waals surface area contributed by atoms with Crippen LogP contribution in [0.1, 0.15) is 47.1 Å². The molecule has 1 N–H and O–H groups in total. The summed E-state index contributed by atoms with van der Waals surface area (Å²) in [5.41, 5.74) is 9.32. The van der Waals surface area contributed by atoms with Crippen LogP contribution in [0.4, 0.5) is 17.1 Å². The van der Waals surface area contributed by atoms with E-state index in [4.69, 9.17) is 0 Å². The lowest BCUT2D eigenvalue weighted by molar-refractivity contribution is -0.384. The van der Waals surface area contributed by atoms with Gasteiger partial charge in [0.15, 0.2) is 17.6 Å². The van der Waals surface area contributed by atoms with Gasteiger partial charge in [0.05, 0.1) is 16.9 Å². The number of hydrogen-bond acceptors (Lipinski definition) is 6. The minimum atomic E-state index is -0.429. The summed E-state index contributed by atoms with van der Waals surface area (Å²) in [6, 6.07) is 21.2. The number of amides is 1. The lowest BCUT2D eigenvalue weighted by Crippen LogP contribution is -2.68. The highest BCUT2D eigenvalue weighted by Gasteiger charge is 2.75. The fraction of sp³-hybridized carbons (Fsp3) is 0.267. The molecule has 2 bridgehead atoms. The molecule has 3 atom stereocenters. The zero-order valence-electron chi connectivity index (χ0n) is 21.4. The number of carbonyl (C=O) groups is 1. The molecule has 1 aromatic heterocycles. The fourth-order valence-electron chi connectivity index (χ4n) is 6.53. The Morgan fingerprint density at radius 3 is 2.38 bits per heavy atom. The molecule has 9 heteroatoms. The molecule has 9 nitrogen and oxygen atoms in total. The number of quaternary nitrogens is 1. The van der Waals surface area contributed by atoms with Gasteiger partial charge < -0.3 is 4.57 Å². The Morgan fingerprint density at radius 2 is 1.69 bits per heavy atom. The minimum absolute atomic E-state index is 0.00847. The molecule has 196 valence electrons. The van der Waals surface area contributed by atoms with Gasteiger partial charge in [0, 0.05) is 54.8 Å². The molecule has 3 aliphatic heterocycles. The highest BCUT2D eigenvalue weighted by molar-refractivity contribution is 6.10. The van der Waals surface area contributed by atoms with Crippen molar-refractivity contribution in [3.05, 3.63) is 118 Å². The van der Waals surface area contributed by atoms with Crippen molar-refractivity contribution in [3.63, 3.8) is 0 Å². The molecule has 4 aromatic rings. The molecule has 0 aliphatic carbocycles. The number of nitro benzene ring substituents is 1. The Bertz CT molecular complexity index is 1540. The molecule has 2 fully saturated rings. The smallest absolute Gasteiger partial charge is 0.333 e. The van der Waals surface area contributed by atoms with Crippen molar-refractivity contribution in [1.29, 1.82) is 0 Å². The van der Waals surface area contributed by atoms with Crippen LogP contribution in [0.15, 0.2) is 85.5 Å². The number of nitro groups is 1. The van der Waals surface area contributed by atoms with E-state index in [1.54, 1.807) is 24.7 Å². The summed E-state index contributed by atoms with van der Waals surface area (Å²) in [6.45, 7) is 3.92. The predicted octanol–water partition coefficient (Wildman–Crippen LogP) is 5.15. The monoisotopic (exact) mass is 521 g/mol. The van der Waals surface area contributed by atoms with Gasteiger partial charge in [0.1, 0.15) is 0 Å². The summed E-state index contributed by atoms with van der Waals surface area (Å²) >= 11 is 0. The zero-order valence-corrected chi connectivity index (χ0v) is 21.4. The first kappa shape index (κ1) is 23.8. The largest absolute Gasteiger partial charge is 0.357 e. The third-order valence-electron chi connectivity index (χ3n) is 8.39. The van der Waals surface area contributed by atoms with Gasteiger partial charge in [-0.25, -0.2) is 15.2 Å². The van der Waals surface area contributed by atoms with Crippen LogP contribution in [-0.2, 0) is 17.9 Å². The van der Waals surface area contributed by atoms with E-state index >= 15 is 0 Å². The van der Waals surface area contributed by atoms with Gasteiger partial charge in [-0.15, -0.1) is 4.59 Å². The van der Waals surface area contributed by atoms with Gasteiger partial charge in [0.2, 0.25) is 0 Å². The SMILES string of the molecule is O=C1C2c3cc([N+](=O)[O-])ccc3[N+]1(Nc1ccc(CN3CCCC3)cc1)C2c1ccc(Cn2ccnc2)cc1. The van der Waals surface area contributed by atoms with E-state index in [9.17, 15) is 14.9 Å². The number of benzene rings is 3. The lowest BCUT2D eigenvalue weighted by Gasteiger charge is -2.45. The number of β-lactam (4-membered cyclic amide) rings is 1. The molecular weight excluding hydrogens is 492 g/mol. The number of carbonyl (C=O) groups excluding carboxylic acids is 1. The highest BCUT2D eigenvalue weighted by atomic mass is 16.6. The van der Waals surface area contributed by atoms with Gasteiger partial charge in [-0.1, -0.05) is 36.4 Å². The van der Waals surface area contributed by atoms with Crippen LogP contribution in [0.3, 0.4) is 0 Å². The number of fused-ring (bicyclic) bond motifs is 5. The Balaban J connectivity index is 1.22. The summed E-state index contributed by atoms with van der Waals surface area (Å²) in [4.78, 5) is 31.5. The fourth-order valence-corrected chi connectivity index (χ4v) is 6.53. The molecule has 7 rings (SSSR count). The number of aromatic nitrogens is 2. The van der Waals surface area contributed by atoms with Gasteiger partial charge in [-0.05, 0) is 49.2 Å². The van der Waals surface area contributed by atoms with E-state index in [0.29, 0.717) is 6.54 Å². The van der Waals surface area contributed by atoms with Crippen molar-refractivity contribution < 1.29 is 9.72 Å². The quantitative estimate of drug-likeness (QED) is 0.149. The number of non-ortho nitro benzene ring substituents is 1. The molecule has 3 aromatic carbocycles. The number of imidazole rings is 1. The molecule has 1 amide bonds. The van der Waals surface area contributed by atoms with Crippen molar-refractivity contribution in [3.8, 4) is 0 Å². The van der Waals surface area contributed by atoms with E-state index in [2.05, 4.69) is 51.7 Å². The topological polar surface area (TPSA) is 93.3 Å². The average molecular weight is 522 g/mol. The highest BCUT2D eigenvalue weighted by Crippen LogP contribution is 2.64. The summed E-state index contributed by atoms with van der Waals surface area (Å²) in [5, 5.41) is 11.5. The second-order valence-corrected chi connectivity index (χ2v) is 10.8. The van der Waals surface area contributed by atoms with Crippen molar-refractivity contribution in [1.82, 2.24) is 19.0 Å². The number of anilines is 1. The molecule has 3 aliphatic rings. The number of nitrogens with zero attached hydrogens (tertiary/aromatic N) is 5. The van der Waals surface area contributed by atoms with Crippen LogP contribution < -0.4 is 10.0 Å². The normalized spacial score (nSPS) is 23.4. The van der Waals surface area contributed by atoms with Crippen LogP contribution in [0.2, 0.25) is 0 Å². The first-order valence-electron chi connectivity index (χ1n) is 13.4.